The number of carbonyl (C=O) groups excluding carboxylic acids is 1. The van der Waals surface area contributed by atoms with E-state index in [1.807, 2.05) is 0 Å². The smallest absolute Gasteiger partial charge is 0.346 e. The third-order valence-corrected chi connectivity index (χ3v) is 3.93. The van der Waals surface area contributed by atoms with Crippen molar-refractivity contribution in [3.8, 4) is 5.88 Å². The van der Waals surface area contributed by atoms with Crippen LogP contribution in [-0.4, -0.2) is 32.8 Å². The highest BCUT2D eigenvalue weighted by atomic mass is 35.5. The monoisotopic (exact) mass is 348 g/mol. The van der Waals surface area contributed by atoms with E-state index < -0.39 is 12.1 Å². The summed E-state index contributed by atoms with van der Waals surface area (Å²) in [6.45, 7) is 3.47. The van der Waals surface area contributed by atoms with Gasteiger partial charge in [-0.3, -0.25) is 0 Å². The van der Waals surface area contributed by atoms with Gasteiger partial charge in [0.25, 0.3) is 0 Å². The van der Waals surface area contributed by atoms with Crippen molar-refractivity contribution in [3.05, 3.63) is 40.3 Å². The standard InChI is InChI=1S/C16H17ClN4O3/c1-8-13(15(23-4)21(3)20-8)16(22)24-9(2)14-18-11-6-5-10(17)7-12(11)19-14/h5-7,9H,1-4H3,(H,18,19). The number of rotatable bonds is 4. The molecule has 126 valence electrons. The van der Waals surface area contributed by atoms with Gasteiger partial charge in [0.1, 0.15) is 11.4 Å². The molecule has 1 aromatic carbocycles. The molecule has 8 heteroatoms. The normalized spacial score (nSPS) is 12.4. The van der Waals surface area contributed by atoms with Gasteiger partial charge in [0.05, 0.1) is 23.8 Å². The largest absolute Gasteiger partial charge is 0.481 e. The molecule has 0 saturated heterocycles. The lowest BCUT2D eigenvalue weighted by atomic mass is 10.2. The summed E-state index contributed by atoms with van der Waals surface area (Å²) < 4.78 is 12.2. The summed E-state index contributed by atoms with van der Waals surface area (Å²) >= 11 is 5.97. The van der Waals surface area contributed by atoms with Crippen LogP contribution in [0.25, 0.3) is 11.0 Å². The minimum atomic E-state index is -0.562. The number of aromatic nitrogens is 4. The number of H-pyrrole nitrogens is 1. The highest BCUT2D eigenvalue weighted by Gasteiger charge is 2.25. The second-order valence-corrected chi connectivity index (χ2v) is 5.86. The van der Waals surface area contributed by atoms with E-state index in [4.69, 9.17) is 21.1 Å². The number of nitrogens with one attached hydrogen (secondary N) is 1. The quantitative estimate of drug-likeness (QED) is 0.732. The molecule has 3 rings (SSSR count). The van der Waals surface area contributed by atoms with Crippen LogP contribution in [0.2, 0.25) is 5.02 Å². The third kappa shape index (κ3) is 2.82. The average molecular weight is 349 g/mol. The summed E-state index contributed by atoms with van der Waals surface area (Å²) in [5, 5.41) is 4.79. The molecule has 0 amide bonds. The Labute approximate surface area is 143 Å². The maximum Gasteiger partial charge on any atom is 0.346 e. The second kappa shape index (κ2) is 6.16. The van der Waals surface area contributed by atoms with Crippen LogP contribution in [0.4, 0.5) is 0 Å². The van der Waals surface area contributed by atoms with Gasteiger partial charge >= 0.3 is 5.97 Å². The Morgan fingerprint density at radius 2 is 2.17 bits per heavy atom. The Balaban J connectivity index is 1.85. The number of benzene rings is 1. The molecule has 0 spiro atoms. The fourth-order valence-corrected chi connectivity index (χ4v) is 2.75. The molecule has 1 unspecified atom stereocenters. The van der Waals surface area contributed by atoms with Gasteiger partial charge in [0.15, 0.2) is 6.10 Å². The number of methoxy groups -OCH3 is 1. The molecule has 0 aliphatic heterocycles. The van der Waals surface area contributed by atoms with Crippen LogP contribution in [0.15, 0.2) is 18.2 Å². The van der Waals surface area contributed by atoms with Crippen LogP contribution in [0, 0.1) is 6.92 Å². The minimum Gasteiger partial charge on any atom is -0.481 e. The summed E-state index contributed by atoms with van der Waals surface area (Å²) in [7, 11) is 3.19. The Morgan fingerprint density at radius 3 is 2.88 bits per heavy atom. The van der Waals surface area contributed by atoms with E-state index in [1.54, 1.807) is 39.1 Å². The molecule has 7 nitrogen and oxygen atoms in total. The molecule has 2 heterocycles. The molecule has 0 radical (unpaired) electrons. The number of esters is 1. The van der Waals surface area contributed by atoms with E-state index in [1.165, 1.54) is 11.8 Å². The molecule has 2 aromatic heterocycles. The Bertz CT molecular complexity index is 916. The fourth-order valence-electron chi connectivity index (χ4n) is 2.58. The van der Waals surface area contributed by atoms with Gasteiger partial charge in [0.2, 0.25) is 5.88 Å². The van der Waals surface area contributed by atoms with Crippen molar-refractivity contribution in [1.29, 1.82) is 0 Å². The number of hydrogen-bond acceptors (Lipinski definition) is 5. The number of ether oxygens (including phenoxy) is 2. The first-order valence-corrected chi connectivity index (χ1v) is 7.72. The number of aryl methyl sites for hydroxylation is 2. The first-order chi connectivity index (χ1) is 11.4. The van der Waals surface area contributed by atoms with Crippen LogP contribution in [-0.2, 0) is 11.8 Å². The zero-order valence-corrected chi connectivity index (χ0v) is 14.5. The lowest BCUT2D eigenvalue weighted by molar-refractivity contribution is 0.0317. The SMILES string of the molecule is COc1c(C(=O)OC(C)c2nc3ccc(Cl)cc3[nH]2)c(C)nn1C. The van der Waals surface area contributed by atoms with E-state index in [-0.39, 0.29) is 0 Å². The van der Waals surface area contributed by atoms with Crippen molar-refractivity contribution < 1.29 is 14.3 Å². The average Bonchev–Trinajstić information content (AvgIpc) is 3.06. The zero-order valence-electron chi connectivity index (χ0n) is 13.8. The lowest BCUT2D eigenvalue weighted by Gasteiger charge is -2.11. The van der Waals surface area contributed by atoms with Gasteiger partial charge in [-0.25, -0.2) is 14.5 Å². The lowest BCUT2D eigenvalue weighted by Crippen LogP contribution is -2.12. The molecule has 3 aromatic rings. The first kappa shape index (κ1) is 16.3. The molecule has 1 atom stereocenters. The highest BCUT2D eigenvalue weighted by molar-refractivity contribution is 6.31. The van der Waals surface area contributed by atoms with Crippen LogP contribution < -0.4 is 4.74 Å². The number of carbonyl (C=O) groups is 1. The first-order valence-electron chi connectivity index (χ1n) is 7.34. The van der Waals surface area contributed by atoms with Crippen molar-refractivity contribution in [3.63, 3.8) is 0 Å². The van der Waals surface area contributed by atoms with E-state index in [9.17, 15) is 4.79 Å². The van der Waals surface area contributed by atoms with Gasteiger partial charge in [-0.2, -0.15) is 5.10 Å². The van der Waals surface area contributed by atoms with Gasteiger partial charge < -0.3 is 14.5 Å². The molecule has 24 heavy (non-hydrogen) atoms. The number of imidazole rings is 1. The van der Waals surface area contributed by atoms with E-state index >= 15 is 0 Å². The van der Waals surface area contributed by atoms with E-state index in [0.29, 0.717) is 28.0 Å². The van der Waals surface area contributed by atoms with Crippen LogP contribution >= 0.6 is 11.6 Å². The Kier molecular flexibility index (Phi) is 4.19. The zero-order chi connectivity index (χ0) is 17.4. The molecule has 0 aliphatic rings. The number of fused-ring (bicyclic) bond motifs is 1. The number of hydrogen-bond donors (Lipinski definition) is 1. The number of nitrogens with zero attached hydrogens (tertiary/aromatic N) is 3. The van der Waals surface area contributed by atoms with Crippen LogP contribution in [0.1, 0.15) is 34.9 Å². The fraction of sp³-hybridized carbons (Fsp3) is 0.312. The third-order valence-electron chi connectivity index (χ3n) is 3.70. The van der Waals surface area contributed by atoms with Gasteiger partial charge in [-0.15, -0.1) is 0 Å². The maximum atomic E-state index is 12.5. The van der Waals surface area contributed by atoms with Crippen molar-refractivity contribution in [2.45, 2.75) is 20.0 Å². The number of halogens is 1. The van der Waals surface area contributed by atoms with Crippen LogP contribution in [0.5, 0.6) is 5.88 Å². The second-order valence-electron chi connectivity index (χ2n) is 5.42. The molecule has 0 bridgehead atoms. The van der Waals surface area contributed by atoms with Gasteiger partial charge in [-0.1, -0.05) is 11.6 Å². The maximum absolute atomic E-state index is 12.5. The van der Waals surface area contributed by atoms with Gasteiger partial charge in [-0.05, 0) is 32.0 Å². The molecular formula is C16H17ClN4O3. The summed E-state index contributed by atoms with van der Waals surface area (Å²) in [6.07, 6.45) is -0.562. The molecule has 0 saturated carbocycles. The highest BCUT2D eigenvalue weighted by Crippen LogP contribution is 2.26. The molecule has 1 N–H and O–H groups in total. The predicted octanol–water partition coefficient (Wildman–Crippen LogP) is 3.18. The molecule has 0 aliphatic carbocycles. The number of aromatic amines is 1. The molecule has 0 fully saturated rings. The summed E-state index contributed by atoms with van der Waals surface area (Å²) in [4.78, 5) is 20.0. The van der Waals surface area contributed by atoms with Crippen molar-refractivity contribution in [1.82, 2.24) is 19.7 Å². The minimum absolute atomic E-state index is 0.311. The van der Waals surface area contributed by atoms with Crippen molar-refractivity contribution >= 4 is 28.6 Å². The van der Waals surface area contributed by atoms with E-state index in [0.717, 1.165) is 11.0 Å². The summed E-state index contributed by atoms with van der Waals surface area (Å²) in [6, 6.07) is 5.34. The Hall–Kier alpha value is -2.54. The summed E-state index contributed by atoms with van der Waals surface area (Å²) in [5.74, 6) is 0.394. The van der Waals surface area contributed by atoms with E-state index in [2.05, 4.69) is 15.1 Å². The van der Waals surface area contributed by atoms with Gasteiger partial charge in [0, 0.05) is 12.1 Å². The van der Waals surface area contributed by atoms with Crippen molar-refractivity contribution in [2.24, 2.45) is 7.05 Å². The summed E-state index contributed by atoms with van der Waals surface area (Å²) in [5.41, 5.74) is 2.40. The molecular weight excluding hydrogens is 332 g/mol. The Morgan fingerprint density at radius 1 is 1.42 bits per heavy atom. The van der Waals surface area contributed by atoms with Crippen LogP contribution in [0.3, 0.4) is 0 Å². The van der Waals surface area contributed by atoms with Crippen molar-refractivity contribution in [2.75, 3.05) is 7.11 Å². The topological polar surface area (TPSA) is 82.0 Å². The predicted molar refractivity (Wildman–Crippen MR) is 89.4 cm³/mol.